The van der Waals surface area contributed by atoms with Crippen LogP contribution >= 0.6 is 11.8 Å². The number of aliphatic hydroxyl groups is 1. The van der Waals surface area contributed by atoms with Gasteiger partial charge >= 0.3 is 5.97 Å². The molecule has 1 aromatic carbocycles. The molecule has 0 saturated carbocycles. The predicted octanol–water partition coefficient (Wildman–Crippen LogP) is 2.10. The summed E-state index contributed by atoms with van der Waals surface area (Å²) >= 11 is 1.55. The minimum atomic E-state index is -0.346. The molecule has 0 spiro atoms. The lowest BCUT2D eigenvalue weighted by Gasteiger charge is -2.10. The van der Waals surface area contributed by atoms with Crippen LogP contribution in [0.1, 0.15) is 21.6 Å². The molecule has 0 bridgehead atoms. The zero-order valence-electron chi connectivity index (χ0n) is 13.2. The van der Waals surface area contributed by atoms with Crippen molar-refractivity contribution in [2.75, 3.05) is 20.8 Å². The first-order valence-corrected chi connectivity index (χ1v) is 8.12. The van der Waals surface area contributed by atoms with Gasteiger partial charge < -0.3 is 19.1 Å². The Labute approximate surface area is 139 Å². The number of benzene rings is 1. The van der Waals surface area contributed by atoms with Gasteiger partial charge in [0.15, 0.2) is 5.16 Å². The van der Waals surface area contributed by atoms with Crippen molar-refractivity contribution in [3.63, 3.8) is 0 Å². The third kappa shape index (κ3) is 4.57. The zero-order valence-corrected chi connectivity index (χ0v) is 14.0. The Kier molecular flexibility index (Phi) is 6.64. The first-order valence-electron chi connectivity index (χ1n) is 7.13. The van der Waals surface area contributed by atoms with Crippen molar-refractivity contribution in [3.8, 4) is 0 Å². The minimum Gasteiger partial charge on any atom is -0.465 e. The van der Waals surface area contributed by atoms with E-state index in [0.717, 1.165) is 16.4 Å². The maximum absolute atomic E-state index is 11.6. The van der Waals surface area contributed by atoms with Crippen molar-refractivity contribution in [2.45, 2.75) is 24.1 Å². The molecule has 0 unspecified atom stereocenters. The molecule has 23 heavy (non-hydrogen) atoms. The summed E-state index contributed by atoms with van der Waals surface area (Å²) in [5, 5.41) is 10.2. The summed E-state index contributed by atoms with van der Waals surface area (Å²) in [5.74, 6) is 0.320. The van der Waals surface area contributed by atoms with E-state index in [1.807, 2.05) is 22.8 Å². The van der Waals surface area contributed by atoms with Gasteiger partial charge in [0.25, 0.3) is 0 Å². The summed E-state index contributed by atoms with van der Waals surface area (Å²) in [6.45, 7) is 1.13. The molecule has 0 radical (unpaired) electrons. The van der Waals surface area contributed by atoms with Crippen LogP contribution in [0.15, 0.2) is 35.6 Å². The lowest BCUT2D eigenvalue weighted by Crippen LogP contribution is -2.09. The molecule has 0 fully saturated rings. The van der Waals surface area contributed by atoms with Crippen LogP contribution in [-0.2, 0) is 28.4 Å². The fourth-order valence-electron chi connectivity index (χ4n) is 2.11. The van der Waals surface area contributed by atoms with Gasteiger partial charge in [-0.05, 0) is 17.7 Å². The number of thioether (sulfide) groups is 1. The van der Waals surface area contributed by atoms with Crippen molar-refractivity contribution in [3.05, 3.63) is 47.3 Å². The lowest BCUT2D eigenvalue weighted by atomic mass is 10.1. The second kappa shape index (κ2) is 8.71. The molecule has 124 valence electrons. The Hall–Kier alpha value is -1.83. The predicted molar refractivity (Wildman–Crippen MR) is 87.4 cm³/mol. The molecule has 0 saturated heterocycles. The summed E-state index contributed by atoms with van der Waals surface area (Å²) < 4.78 is 11.8. The van der Waals surface area contributed by atoms with Crippen molar-refractivity contribution in [2.24, 2.45) is 0 Å². The molecule has 0 aliphatic heterocycles. The number of esters is 1. The molecule has 0 aliphatic rings. The van der Waals surface area contributed by atoms with Crippen LogP contribution in [0.4, 0.5) is 0 Å². The first-order chi connectivity index (χ1) is 11.2. The highest BCUT2D eigenvalue weighted by Gasteiger charge is 2.11. The van der Waals surface area contributed by atoms with Gasteiger partial charge in [0, 0.05) is 19.4 Å². The summed E-state index contributed by atoms with van der Waals surface area (Å²) in [5.41, 5.74) is 2.29. The summed E-state index contributed by atoms with van der Waals surface area (Å²) in [7, 11) is 3.01. The summed E-state index contributed by atoms with van der Waals surface area (Å²) in [6.07, 6.45) is 1.67. The number of nitrogens with zero attached hydrogens (tertiary/aromatic N) is 2. The highest BCUT2D eigenvalue weighted by molar-refractivity contribution is 7.98. The van der Waals surface area contributed by atoms with Gasteiger partial charge in [0.05, 0.1) is 37.8 Å². The fourth-order valence-corrected chi connectivity index (χ4v) is 3.08. The third-order valence-corrected chi connectivity index (χ3v) is 4.36. The van der Waals surface area contributed by atoms with E-state index in [1.165, 1.54) is 7.11 Å². The number of imidazole rings is 1. The molecule has 2 rings (SSSR count). The average molecular weight is 336 g/mol. The Morgan fingerprint density at radius 3 is 2.91 bits per heavy atom. The molecule has 0 aliphatic carbocycles. The van der Waals surface area contributed by atoms with Gasteiger partial charge in [-0.25, -0.2) is 9.78 Å². The van der Waals surface area contributed by atoms with E-state index in [4.69, 9.17) is 9.47 Å². The van der Waals surface area contributed by atoms with Crippen molar-refractivity contribution in [1.29, 1.82) is 0 Å². The molecule has 6 nitrogen and oxygen atoms in total. The van der Waals surface area contributed by atoms with Gasteiger partial charge in [0.1, 0.15) is 0 Å². The van der Waals surface area contributed by atoms with E-state index in [0.29, 0.717) is 24.5 Å². The average Bonchev–Trinajstić information content (AvgIpc) is 2.99. The number of carbonyl (C=O) groups is 1. The SMILES string of the molecule is COCCn1c(CO)cnc1SCc1cccc(C(=O)OC)c1. The normalized spacial score (nSPS) is 10.7. The van der Waals surface area contributed by atoms with Gasteiger partial charge in [-0.2, -0.15) is 0 Å². The highest BCUT2D eigenvalue weighted by atomic mass is 32.2. The highest BCUT2D eigenvalue weighted by Crippen LogP contribution is 2.23. The van der Waals surface area contributed by atoms with Gasteiger partial charge in [-0.3, -0.25) is 0 Å². The molecular formula is C16H20N2O4S. The molecule has 0 amide bonds. The standard InChI is InChI=1S/C16H20N2O4S/c1-21-7-6-18-14(10-19)9-17-16(18)23-11-12-4-3-5-13(8-12)15(20)22-2/h3-5,8-9,19H,6-7,10-11H2,1-2H3. The Balaban J connectivity index is 2.09. The van der Waals surface area contributed by atoms with E-state index in [-0.39, 0.29) is 12.6 Å². The number of carbonyl (C=O) groups excluding carboxylic acids is 1. The molecule has 1 N–H and O–H groups in total. The number of aromatic nitrogens is 2. The molecular weight excluding hydrogens is 316 g/mol. The Bertz CT molecular complexity index is 657. The van der Waals surface area contributed by atoms with Crippen LogP contribution in [0.25, 0.3) is 0 Å². The number of aliphatic hydroxyl groups excluding tert-OH is 1. The number of ether oxygens (including phenoxy) is 2. The maximum atomic E-state index is 11.6. The topological polar surface area (TPSA) is 73.6 Å². The van der Waals surface area contributed by atoms with Gasteiger partial charge in [0.2, 0.25) is 0 Å². The number of hydrogen-bond acceptors (Lipinski definition) is 6. The second-order valence-corrected chi connectivity index (χ2v) is 5.76. The summed E-state index contributed by atoms with van der Waals surface area (Å²) in [4.78, 5) is 15.9. The Morgan fingerprint density at radius 1 is 1.39 bits per heavy atom. The third-order valence-electron chi connectivity index (χ3n) is 3.30. The largest absolute Gasteiger partial charge is 0.465 e. The van der Waals surface area contributed by atoms with E-state index in [1.54, 1.807) is 31.1 Å². The van der Waals surface area contributed by atoms with E-state index in [2.05, 4.69) is 4.98 Å². The zero-order chi connectivity index (χ0) is 16.7. The second-order valence-electron chi connectivity index (χ2n) is 4.82. The first kappa shape index (κ1) is 17.5. The summed E-state index contributed by atoms with van der Waals surface area (Å²) in [6, 6.07) is 7.32. The van der Waals surface area contributed by atoms with Crippen molar-refractivity contribution >= 4 is 17.7 Å². The van der Waals surface area contributed by atoms with Gasteiger partial charge in [-0.1, -0.05) is 23.9 Å². The van der Waals surface area contributed by atoms with E-state index in [9.17, 15) is 9.90 Å². The van der Waals surface area contributed by atoms with Crippen LogP contribution in [0, 0.1) is 0 Å². The van der Waals surface area contributed by atoms with E-state index < -0.39 is 0 Å². The van der Waals surface area contributed by atoms with Crippen molar-refractivity contribution < 1.29 is 19.4 Å². The smallest absolute Gasteiger partial charge is 0.337 e. The quantitative estimate of drug-likeness (QED) is 0.588. The fraction of sp³-hybridized carbons (Fsp3) is 0.375. The van der Waals surface area contributed by atoms with Crippen LogP contribution in [0.3, 0.4) is 0 Å². The maximum Gasteiger partial charge on any atom is 0.337 e. The monoisotopic (exact) mass is 336 g/mol. The minimum absolute atomic E-state index is 0.0604. The van der Waals surface area contributed by atoms with E-state index >= 15 is 0 Å². The van der Waals surface area contributed by atoms with Crippen LogP contribution in [0.2, 0.25) is 0 Å². The molecule has 1 aromatic heterocycles. The number of methoxy groups -OCH3 is 2. The molecule has 1 heterocycles. The lowest BCUT2D eigenvalue weighted by molar-refractivity contribution is 0.0600. The molecule has 0 atom stereocenters. The Morgan fingerprint density at radius 2 is 2.22 bits per heavy atom. The molecule has 7 heteroatoms. The van der Waals surface area contributed by atoms with Gasteiger partial charge in [-0.15, -0.1) is 0 Å². The van der Waals surface area contributed by atoms with Crippen LogP contribution in [-0.4, -0.2) is 41.5 Å². The van der Waals surface area contributed by atoms with Crippen LogP contribution in [0.5, 0.6) is 0 Å². The number of hydrogen-bond donors (Lipinski definition) is 1. The molecule has 2 aromatic rings. The van der Waals surface area contributed by atoms with Crippen molar-refractivity contribution in [1.82, 2.24) is 9.55 Å². The van der Waals surface area contributed by atoms with Crippen LogP contribution < -0.4 is 0 Å². The number of rotatable bonds is 8.